The van der Waals surface area contributed by atoms with Crippen LogP contribution in [0.15, 0.2) is 108 Å². The number of fused-ring (bicyclic) bond motifs is 1. The molecular weight excluding hydrogens is 468 g/mol. The van der Waals surface area contributed by atoms with Crippen molar-refractivity contribution in [2.45, 2.75) is 13.2 Å². The summed E-state index contributed by atoms with van der Waals surface area (Å²) in [5.74, 6) is 0.556. The molecule has 0 aliphatic rings. The summed E-state index contributed by atoms with van der Waals surface area (Å²) in [5.41, 5.74) is 5.04. The Morgan fingerprint density at radius 2 is 1.83 bits per heavy atom. The van der Waals surface area contributed by atoms with Gasteiger partial charge in [-0.25, -0.2) is 0 Å². The van der Waals surface area contributed by atoms with E-state index in [1.54, 1.807) is 6.20 Å². The van der Waals surface area contributed by atoms with Gasteiger partial charge in [0.05, 0.1) is 29.5 Å². The van der Waals surface area contributed by atoms with Crippen molar-refractivity contribution in [1.29, 1.82) is 0 Å². The van der Waals surface area contributed by atoms with Crippen molar-refractivity contribution in [1.82, 2.24) is 19.7 Å². The van der Waals surface area contributed by atoms with Gasteiger partial charge in [0.1, 0.15) is 12.4 Å². The van der Waals surface area contributed by atoms with Crippen molar-refractivity contribution >= 4 is 22.2 Å². The van der Waals surface area contributed by atoms with E-state index in [1.807, 2.05) is 83.1 Å². The molecule has 0 atom stereocenters. The van der Waals surface area contributed by atoms with E-state index >= 15 is 0 Å². The Bertz CT molecular complexity index is 1670. The number of pyridine rings is 2. The highest BCUT2D eigenvalue weighted by Crippen LogP contribution is 2.37. The third-order valence-electron chi connectivity index (χ3n) is 5.98. The van der Waals surface area contributed by atoms with Gasteiger partial charge in [0.25, 0.3) is 5.56 Å². The van der Waals surface area contributed by atoms with Crippen LogP contribution in [0.3, 0.4) is 0 Å². The first-order valence-corrected chi connectivity index (χ1v) is 12.5. The number of hydrogen-bond acceptors (Lipinski definition) is 5. The van der Waals surface area contributed by atoms with Crippen LogP contribution in [-0.2, 0) is 13.2 Å². The molecule has 0 unspecified atom stereocenters. The van der Waals surface area contributed by atoms with Gasteiger partial charge in [0, 0.05) is 28.2 Å². The van der Waals surface area contributed by atoms with Gasteiger partial charge < -0.3 is 9.72 Å². The molecule has 0 saturated carbocycles. The van der Waals surface area contributed by atoms with Crippen LogP contribution in [0.5, 0.6) is 5.75 Å². The summed E-state index contributed by atoms with van der Waals surface area (Å²) in [6.45, 7) is 0.958. The fourth-order valence-corrected chi connectivity index (χ4v) is 5.00. The average molecular weight is 491 g/mol. The highest BCUT2D eigenvalue weighted by molar-refractivity contribution is 7.13. The first kappa shape index (κ1) is 22.0. The van der Waals surface area contributed by atoms with Crippen molar-refractivity contribution in [3.63, 3.8) is 0 Å². The van der Waals surface area contributed by atoms with E-state index in [1.165, 1.54) is 16.9 Å². The summed E-state index contributed by atoms with van der Waals surface area (Å²) in [6.07, 6.45) is 5.64. The summed E-state index contributed by atoms with van der Waals surface area (Å²) in [5, 5.41) is 7.35. The van der Waals surface area contributed by atoms with Crippen molar-refractivity contribution < 1.29 is 4.74 Å². The summed E-state index contributed by atoms with van der Waals surface area (Å²) < 4.78 is 8.25. The Hall–Kier alpha value is -4.49. The van der Waals surface area contributed by atoms with Crippen LogP contribution >= 0.6 is 11.3 Å². The monoisotopic (exact) mass is 490 g/mol. The maximum absolute atomic E-state index is 13.1. The summed E-state index contributed by atoms with van der Waals surface area (Å²) in [7, 11) is 0. The Morgan fingerprint density at radius 3 is 2.64 bits per heavy atom. The van der Waals surface area contributed by atoms with Crippen LogP contribution in [0.25, 0.3) is 32.5 Å². The molecule has 0 fully saturated rings. The number of hydrogen-bond donors (Lipinski definition) is 1. The number of thiophene rings is 1. The summed E-state index contributed by atoms with van der Waals surface area (Å²) in [4.78, 5) is 21.4. The van der Waals surface area contributed by atoms with Crippen LogP contribution in [-0.4, -0.2) is 19.7 Å². The van der Waals surface area contributed by atoms with Crippen LogP contribution < -0.4 is 10.3 Å². The Kier molecular flexibility index (Phi) is 5.89. The molecule has 36 heavy (non-hydrogen) atoms. The number of H-pyrrole nitrogens is 1. The number of aromatic nitrogens is 4. The molecule has 4 heterocycles. The first-order chi connectivity index (χ1) is 17.7. The molecule has 0 aliphatic heterocycles. The molecule has 4 aromatic heterocycles. The van der Waals surface area contributed by atoms with Gasteiger partial charge in [0.2, 0.25) is 0 Å². The van der Waals surface area contributed by atoms with Gasteiger partial charge in [-0.3, -0.25) is 14.5 Å². The van der Waals surface area contributed by atoms with E-state index in [0.29, 0.717) is 17.9 Å². The third-order valence-corrected chi connectivity index (χ3v) is 6.87. The van der Waals surface area contributed by atoms with E-state index < -0.39 is 0 Å². The van der Waals surface area contributed by atoms with Gasteiger partial charge in [-0.05, 0) is 46.8 Å². The van der Waals surface area contributed by atoms with E-state index in [9.17, 15) is 4.79 Å². The average Bonchev–Trinajstić information content (AvgIpc) is 3.61. The predicted octanol–water partition coefficient (Wildman–Crippen LogP) is 6.14. The van der Waals surface area contributed by atoms with Gasteiger partial charge in [-0.2, -0.15) is 5.10 Å². The zero-order valence-electron chi connectivity index (χ0n) is 19.3. The van der Waals surface area contributed by atoms with E-state index in [0.717, 1.165) is 32.6 Å². The molecule has 0 amide bonds. The van der Waals surface area contributed by atoms with Crippen molar-refractivity contribution in [3.05, 3.63) is 124 Å². The molecule has 2 aromatic carbocycles. The van der Waals surface area contributed by atoms with Gasteiger partial charge >= 0.3 is 0 Å². The normalized spacial score (nSPS) is 11.1. The van der Waals surface area contributed by atoms with Crippen LogP contribution in [0.2, 0.25) is 0 Å². The van der Waals surface area contributed by atoms with Gasteiger partial charge in [0.15, 0.2) is 0 Å². The number of benzene rings is 2. The lowest BCUT2D eigenvalue weighted by atomic mass is 10.0. The second kappa shape index (κ2) is 9.64. The first-order valence-electron chi connectivity index (χ1n) is 11.6. The molecule has 176 valence electrons. The van der Waals surface area contributed by atoms with Gasteiger partial charge in [-0.15, -0.1) is 11.3 Å². The maximum atomic E-state index is 13.1. The molecule has 0 bridgehead atoms. The Balaban J connectivity index is 1.43. The zero-order valence-corrected chi connectivity index (χ0v) is 20.1. The van der Waals surface area contributed by atoms with E-state index in [4.69, 9.17) is 4.74 Å². The maximum Gasteiger partial charge on any atom is 0.260 e. The van der Waals surface area contributed by atoms with Gasteiger partial charge in [-0.1, -0.05) is 48.5 Å². The van der Waals surface area contributed by atoms with Crippen molar-refractivity contribution in [3.8, 4) is 27.3 Å². The predicted molar refractivity (Wildman–Crippen MR) is 143 cm³/mol. The quantitative estimate of drug-likeness (QED) is 0.292. The summed E-state index contributed by atoms with van der Waals surface area (Å²) >= 11 is 1.51. The topological polar surface area (TPSA) is 72.8 Å². The fraction of sp³-hybridized carbons (Fsp3) is 0.0690. The molecule has 6 rings (SSSR count). The van der Waals surface area contributed by atoms with E-state index in [2.05, 4.69) is 33.3 Å². The number of rotatable bonds is 7. The Labute approximate surface area is 211 Å². The third kappa shape index (κ3) is 4.44. The lowest BCUT2D eigenvalue weighted by Gasteiger charge is -2.14. The fourth-order valence-electron chi connectivity index (χ4n) is 4.24. The summed E-state index contributed by atoms with van der Waals surface area (Å²) in [6, 6.07) is 25.8. The van der Waals surface area contributed by atoms with Crippen molar-refractivity contribution in [2.75, 3.05) is 0 Å². The highest BCUT2D eigenvalue weighted by atomic mass is 32.1. The second-order valence-corrected chi connectivity index (χ2v) is 9.37. The second-order valence-electron chi connectivity index (χ2n) is 8.42. The molecule has 1 N–H and O–H groups in total. The lowest BCUT2D eigenvalue weighted by Crippen LogP contribution is -2.12. The molecule has 6 nitrogen and oxygen atoms in total. The molecule has 7 heteroatoms. The standard InChI is InChI=1S/C29H22N4O2S/c34-29-27(26-10-6-14-36-26)28(35-19-23-9-4-5-13-30-23)24-15-21(11-12-25(24)32-29)22-16-31-33(18-22)17-20-7-2-1-3-8-20/h1-16,18H,17,19H2,(H,32,34). The minimum absolute atomic E-state index is 0.176. The molecule has 6 aromatic rings. The molecule has 0 radical (unpaired) electrons. The minimum Gasteiger partial charge on any atom is -0.486 e. The smallest absolute Gasteiger partial charge is 0.260 e. The highest BCUT2D eigenvalue weighted by Gasteiger charge is 2.18. The van der Waals surface area contributed by atoms with Crippen LogP contribution in [0, 0.1) is 0 Å². The van der Waals surface area contributed by atoms with Crippen molar-refractivity contribution in [2.24, 2.45) is 0 Å². The Morgan fingerprint density at radius 1 is 0.944 bits per heavy atom. The lowest BCUT2D eigenvalue weighted by molar-refractivity contribution is 0.306. The largest absolute Gasteiger partial charge is 0.486 e. The number of nitrogens with zero attached hydrogens (tertiary/aromatic N) is 3. The van der Waals surface area contributed by atoms with Crippen LogP contribution in [0.4, 0.5) is 0 Å². The zero-order chi connectivity index (χ0) is 24.3. The van der Waals surface area contributed by atoms with Crippen LogP contribution in [0.1, 0.15) is 11.3 Å². The SMILES string of the molecule is O=c1[nH]c2ccc(-c3cnn(Cc4ccccc4)c3)cc2c(OCc2ccccn2)c1-c1cccs1. The number of nitrogens with one attached hydrogen (secondary N) is 1. The molecular formula is C29H22N4O2S. The molecule has 0 spiro atoms. The molecule has 0 aliphatic carbocycles. The minimum atomic E-state index is -0.176. The van der Waals surface area contributed by atoms with E-state index in [-0.39, 0.29) is 12.2 Å². The molecule has 0 saturated heterocycles. The number of aromatic amines is 1. The number of ether oxygens (including phenoxy) is 1.